The smallest absolute Gasteiger partial charge is 0.242 e. The fourth-order valence-electron chi connectivity index (χ4n) is 3.70. The Morgan fingerprint density at radius 1 is 1.04 bits per heavy atom. The highest BCUT2D eigenvalue weighted by atomic mass is 19.1. The Morgan fingerprint density at radius 3 is 2.50 bits per heavy atom. The van der Waals surface area contributed by atoms with Crippen LogP contribution >= 0.6 is 0 Å². The Kier molecular flexibility index (Phi) is 5.10. The van der Waals surface area contributed by atoms with Crippen LogP contribution in [0.25, 0.3) is 10.9 Å². The van der Waals surface area contributed by atoms with Gasteiger partial charge >= 0.3 is 0 Å². The third-order valence-electron chi connectivity index (χ3n) is 5.25. The molecular formula is C22H22FN3O2. The first-order chi connectivity index (χ1) is 13.6. The Labute approximate surface area is 162 Å². The van der Waals surface area contributed by atoms with Crippen molar-refractivity contribution in [3.8, 4) is 0 Å². The number of carbonyl (C=O) groups is 1. The summed E-state index contributed by atoms with van der Waals surface area (Å²) in [6.45, 7) is 1.57. The van der Waals surface area contributed by atoms with Gasteiger partial charge in [-0.1, -0.05) is 12.1 Å². The van der Waals surface area contributed by atoms with E-state index in [0.717, 1.165) is 24.0 Å². The molecule has 1 aliphatic heterocycles. The highest BCUT2D eigenvalue weighted by Gasteiger charge is 2.23. The molecule has 0 spiro atoms. The van der Waals surface area contributed by atoms with Crippen molar-refractivity contribution in [3.63, 3.8) is 0 Å². The number of nitrogens with one attached hydrogen (secondary N) is 1. The lowest BCUT2D eigenvalue weighted by Crippen LogP contribution is -2.43. The minimum atomic E-state index is -0.249. The van der Waals surface area contributed by atoms with E-state index in [4.69, 9.17) is 0 Å². The Bertz CT molecular complexity index is 1040. The van der Waals surface area contributed by atoms with E-state index in [1.165, 1.54) is 18.2 Å². The minimum Gasteiger partial charge on any atom is -0.382 e. The van der Waals surface area contributed by atoms with Crippen molar-refractivity contribution in [2.45, 2.75) is 25.4 Å². The molecule has 3 aromatic rings. The fraction of sp³-hybridized carbons (Fsp3) is 0.273. The number of fused-ring (bicyclic) bond motifs is 1. The molecule has 1 amide bonds. The molecule has 5 nitrogen and oxygen atoms in total. The van der Waals surface area contributed by atoms with E-state index in [-0.39, 0.29) is 29.7 Å². The van der Waals surface area contributed by atoms with Gasteiger partial charge in [-0.2, -0.15) is 0 Å². The first-order valence-electron chi connectivity index (χ1n) is 9.48. The number of anilines is 1. The zero-order valence-electron chi connectivity index (χ0n) is 15.5. The van der Waals surface area contributed by atoms with Crippen LogP contribution in [-0.2, 0) is 11.3 Å². The highest BCUT2D eigenvalue weighted by molar-refractivity contribution is 5.82. The summed E-state index contributed by atoms with van der Waals surface area (Å²) in [6, 6.07) is 15.5. The molecule has 1 saturated heterocycles. The quantitative estimate of drug-likeness (QED) is 0.757. The second-order valence-corrected chi connectivity index (χ2v) is 7.13. The van der Waals surface area contributed by atoms with Crippen LogP contribution in [0.2, 0.25) is 0 Å². The summed E-state index contributed by atoms with van der Waals surface area (Å²) < 4.78 is 14.8. The molecule has 1 N–H and O–H groups in total. The topological polar surface area (TPSA) is 54.3 Å². The predicted octanol–water partition coefficient (Wildman–Crippen LogP) is 3.24. The molecule has 144 valence electrons. The third kappa shape index (κ3) is 3.91. The molecule has 2 aromatic carbocycles. The maximum atomic E-state index is 13.0. The lowest BCUT2D eigenvalue weighted by atomic mass is 10.0. The number of rotatable bonds is 4. The Balaban J connectivity index is 1.38. The predicted molar refractivity (Wildman–Crippen MR) is 108 cm³/mol. The standard InChI is InChI=1S/C22H22FN3O2/c23-16-5-7-17(8-6-16)24-18-9-12-25(13-10-18)22(28)15-26-14-11-21(27)19-3-1-2-4-20(19)26/h1-8,11,14,18,24H,9-10,12-13,15H2. The molecule has 2 heterocycles. The van der Waals surface area contributed by atoms with Gasteiger partial charge in [-0.05, 0) is 49.2 Å². The second-order valence-electron chi connectivity index (χ2n) is 7.13. The SMILES string of the molecule is O=C(Cn1ccc(=O)c2ccccc21)N1CCC(Nc2ccc(F)cc2)CC1. The van der Waals surface area contributed by atoms with Crippen LogP contribution in [0.1, 0.15) is 12.8 Å². The summed E-state index contributed by atoms with van der Waals surface area (Å²) in [5, 5.41) is 4.03. The summed E-state index contributed by atoms with van der Waals surface area (Å²) in [6.07, 6.45) is 3.37. The van der Waals surface area contributed by atoms with Gasteiger partial charge in [0.1, 0.15) is 12.4 Å². The summed E-state index contributed by atoms with van der Waals surface area (Å²) >= 11 is 0. The number of benzene rings is 2. The fourth-order valence-corrected chi connectivity index (χ4v) is 3.70. The first-order valence-corrected chi connectivity index (χ1v) is 9.48. The number of halogens is 1. The zero-order valence-corrected chi connectivity index (χ0v) is 15.5. The van der Waals surface area contributed by atoms with Crippen molar-refractivity contribution in [1.29, 1.82) is 0 Å². The molecule has 6 heteroatoms. The van der Waals surface area contributed by atoms with E-state index >= 15 is 0 Å². The molecule has 28 heavy (non-hydrogen) atoms. The number of carbonyl (C=O) groups excluding carboxylic acids is 1. The van der Waals surface area contributed by atoms with Crippen molar-refractivity contribution < 1.29 is 9.18 Å². The lowest BCUT2D eigenvalue weighted by Gasteiger charge is -2.33. The van der Waals surface area contributed by atoms with Crippen LogP contribution in [0.3, 0.4) is 0 Å². The molecule has 1 aliphatic rings. The summed E-state index contributed by atoms with van der Waals surface area (Å²) in [5.41, 5.74) is 1.63. The van der Waals surface area contributed by atoms with Crippen molar-refractivity contribution in [1.82, 2.24) is 9.47 Å². The molecule has 1 aromatic heterocycles. The van der Waals surface area contributed by atoms with E-state index in [1.54, 1.807) is 24.4 Å². The first kappa shape index (κ1) is 18.2. The molecule has 0 atom stereocenters. The molecule has 0 radical (unpaired) electrons. The number of likely N-dealkylation sites (tertiary alicyclic amines) is 1. The third-order valence-corrected chi connectivity index (χ3v) is 5.25. The van der Waals surface area contributed by atoms with E-state index < -0.39 is 0 Å². The van der Waals surface area contributed by atoms with Crippen LogP contribution in [0.5, 0.6) is 0 Å². The van der Waals surface area contributed by atoms with Crippen LogP contribution in [0.4, 0.5) is 10.1 Å². The normalized spacial score (nSPS) is 15.0. The Morgan fingerprint density at radius 2 is 1.75 bits per heavy atom. The summed E-state index contributed by atoms with van der Waals surface area (Å²) in [5.74, 6) is -0.199. The molecule has 0 aliphatic carbocycles. The Hall–Kier alpha value is -3.15. The molecule has 4 rings (SSSR count). The number of pyridine rings is 1. The monoisotopic (exact) mass is 379 g/mol. The number of amides is 1. The van der Waals surface area contributed by atoms with Gasteiger partial charge < -0.3 is 14.8 Å². The summed E-state index contributed by atoms with van der Waals surface area (Å²) in [4.78, 5) is 26.6. The van der Waals surface area contributed by atoms with Crippen LogP contribution in [0, 0.1) is 5.82 Å². The number of nitrogens with zero attached hydrogens (tertiary/aromatic N) is 2. The van der Waals surface area contributed by atoms with Gasteiger partial charge in [0, 0.05) is 42.5 Å². The second kappa shape index (κ2) is 7.84. The van der Waals surface area contributed by atoms with E-state index in [2.05, 4.69) is 5.32 Å². The summed E-state index contributed by atoms with van der Waals surface area (Å²) in [7, 11) is 0. The van der Waals surface area contributed by atoms with Gasteiger partial charge in [-0.25, -0.2) is 4.39 Å². The molecule has 0 bridgehead atoms. The number of hydrogen-bond donors (Lipinski definition) is 1. The maximum absolute atomic E-state index is 13.0. The van der Waals surface area contributed by atoms with Gasteiger partial charge in [0.15, 0.2) is 5.43 Å². The van der Waals surface area contributed by atoms with E-state index in [0.29, 0.717) is 18.5 Å². The van der Waals surface area contributed by atoms with E-state index in [1.807, 2.05) is 27.7 Å². The van der Waals surface area contributed by atoms with Crippen LogP contribution < -0.4 is 10.7 Å². The lowest BCUT2D eigenvalue weighted by molar-refractivity contribution is -0.132. The highest BCUT2D eigenvalue weighted by Crippen LogP contribution is 2.18. The van der Waals surface area contributed by atoms with Crippen molar-refractivity contribution in [3.05, 3.63) is 76.8 Å². The maximum Gasteiger partial charge on any atom is 0.242 e. The van der Waals surface area contributed by atoms with E-state index in [9.17, 15) is 14.0 Å². The number of hydrogen-bond acceptors (Lipinski definition) is 3. The molecule has 1 fully saturated rings. The van der Waals surface area contributed by atoms with Gasteiger partial charge in [0.05, 0.1) is 5.52 Å². The van der Waals surface area contributed by atoms with Gasteiger partial charge in [-0.3, -0.25) is 9.59 Å². The van der Waals surface area contributed by atoms with Gasteiger partial charge in [0.25, 0.3) is 0 Å². The van der Waals surface area contributed by atoms with Crippen molar-refractivity contribution in [2.24, 2.45) is 0 Å². The minimum absolute atomic E-state index is 0.0352. The molecular weight excluding hydrogens is 357 g/mol. The molecule has 0 saturated carbocycles. The average molecular weight is 379 g/mol. The van der Waals surface area contributed by atoms with Gasteiger partial charge in [0.2, 0.25) is 5.91 Å². The number of para-hydroxylation sites is 1. The van der Waals surface area contributed by atoms with Crippen LogP contribution in [0.15, 0.2) is 65.6 Å². The van der Waals surface area contributed by atoms with Crippen molar-refractivity contribution >= 4 is 22.5 Å². The zero-order chi connectivity index (χ0) is 19.5. The van der Waals surface area contributed by atoms with Gasteiger partial charge in [-0.15, -0.1) is 0 Å². The van der Waals surface area contributed by atoms with Crippen LogP contribution in [-0.4, -0.2) is 34.5 Å². The average Bonchev–Trinajstić information content (AvgIpc) is 2.72. The largest absolute Gasteiger partial charge is 0.382 e. The van der Waals surface area contributed by atoms with Crippen molar-refractivity contribution in [2.75, 3.05) is 18.4 Å². The molecule has 0 unspecified atom stereocenters. The number of aromatic nitrogens is 1. The number of piperidine rings is 1.